The fraction of sp³-hybridized carbons (Fsp3) is 0.947. The minimum absolute atomic E-state index is 0.00747. The molecule has 1 N–H and O–H groups in total. The third-order valence-corrected chi connectivity index (χ3v) is 3.47. The normalized spacial score (nSPS) is 11.4. The van der Waals surface area contributed by atoms with Crippen molar-refractivity contribution in [2.45, 2.75) is 47.0 Å². The van der Waals surface area contributed by atoms with E-state index in [-0.39, 0.29) is 5.91 Å². The van der Waals surface area contributed by atoms with Gasteiger partial charge < -0.3 is 24.3 Å². The van der Waals surface area contributed by atoms with Crippen molar-refractivity contribution in [2.75, 3.05) is 59.4 Å². The minimum atomic E-state index is -0.00747. The lowest BCUT2D eigenvalue weighted by Crippen LogP contribution is -2.28. The van der Waals surface area contributed by atoms with Crippen molar-refractivity contribution < 1.29 is 23.7 Å². The van der Waals surface area contributed by atoms with Crippen molar-refractivity contribution in [3.05, 3.63) is 0 Å². The Morgan fingerprint density at radius 1 is 0.680 bits per heavy atom. The maximum atomic E-state index is 11.6. The van der Waals surface area contributed by atoms with E-state index in [0.29, 0.717) is 64.4 Å². The van der Waals surface area contributed by atoms with Gasteiger partial charge in [-0.3, -0.25) is 4.79 Å². The number of ether oxygens (including phenoxy) is 4. The van der Waals surface area contributed by atoms with E-state index in [9.17, 15) is 4.79 Å². The lowest BCUT2D eigenvalue weighted by Gasteiger charge is -2.09. The summed E-state index contributed by atoms with van der Waals surface area (Å²) in [7, 11) is 0. The van der Waals surface area contributed by atoms with E-state index in [1.807, 2.05) is 0 Å². The van der Waals surface area contributed by atoms with Crippen LogP contribution in [0, 0.1) is 11.8 Å². The van der Waals surface area contributed by atoms with Gasteiger partial charge in [0.15, 0.2) is 0 Å². The number of rotatable bonds is 18. The van der Waals surface area contributed by atoms with Crippen LogP contribution in [0.4, 0.5) is 0 Å². The molecule has 0 rings (SSSR count). The van der Waals surface area contributed by atoms with Gasteiger partial charge in [0.2, 0.25) is 5.91 Å². The van der Waals surface area contributed by atoms with E-state index in [2.05, 4.69) is 33.0 Å². The molecular formula is C19H39NO5. The molecule has 6 nitrogen and oxygen atoms in total. The highest BCUT2D eigenvalue weighted by atomic mass is 16.5. The SMILES string of the molecule is CC(C)CCOCCNC(=O)CCOCCOCCOCCC(C)C. The van der Waals surface area contributed by atoms with E-state index in [1.165, 1.54) is 0 Å². The Hall–Kier alpha value is -0.690. The van der Waals surface area contributed by atoms with Crippen LogP contribution in [0.25, 0.3) is 0 Å². The molecule has 0 atom stereocenters. The molecule has 0 heterocycles. The lowest BCUT2D eigenvalue weighted by molar-refractivity contribution is -0.122. The molecule has 1 amide bonds. The summed E-state index contributed by atoms with van der Waals surface area (Å²) < 4.78 is 21.7. The number of carbonyl (C=O) groups excluding carboxylic acids is 1. The summed E-state index contributed by atoms with van der Waals surface area (Å²) in [4.78, 5) is 11.6. The molecule has 0 aliphatic carbocycles. The second-order valence-electron chi connectivity index (χ2n) is 6.91. The molecule has 0 spiro atoms. The third kappa shape index (κ3) is 21.3. The molecule has 0 saturated carbocycles. The first-order chi connectivity index (χ1) is 12.0. The van der Waals surface area contributed by atoms with Crippen molar-refractivity contribution in [2.24, 2.45) is 11.8 Å². The molecule has 0 aliphatic heterocycles. The summed E-state index contributed by atoms with van der Waals surface area (Å²) in [6, 6.07) is 0. The second-order valence-corrected chi connectivity index (χ2v) is 6.91. The zero-order valence-electron chi connectivity index (χ0n) is 16.7. The van der Waals surface area contributed by atoms with E-state index in [1.54, 1.807) is 0 Å². The molecule has 0 unspecified atom stereocenters. The van der Waals surface area contributed by atoms with Crippen LogP contribution in [0.1, 0.15) is 47.0 Å². The molecule has 0 bridgehead atoms. The number of nitrogens with one attached hydrogen (secondary N) is 1. The monoisotopic (exact) mass is 361 g/mol. The lowest BCUT2D eigenvalue weighted by atomic mass is 10.1. The van der Waals surface area contributed by atoms with Gasteiger partial charge in [-0.1, -0.05) is 27.7 Å². The van der Waals surface area contributed by atoms with E-state index >= 15 is 0 Å². The van der Waals surface area contributed by atoms with Gasteiger partial charge >= 0.3 is 0 Å². The number of carbonyl (C=O) groups is 1. The van der Waals surface area contributed by atoms with Crippen LogP contribution in [-0.2, 0) is 23.7 Å². The Kier molecular flexibility index (Phi) is 17.6. The highest BCUT2D eigenvalue weighted by Crippen LogP contribution is 1.99. The van der Waals surface area contributed by atoms with Crippen LogP contribution in [0.5, 0.6) is 0 Å². The zero-order chi connectivity index (χ0) is 18.8. The summed E-state index contributed by atoms with van der Waals surface area (Å²) in [6.45, 7) is 14.0. The Bertz CT molecular complexity index is 298. The maximum Gasteiger partial charge on any atom is 0.222 e. The first kappa shape index (κ1) is 24.3. The summed E-state index contributed by atoms with van der Waals surface area (Å²) in [5, 5.41) is 2.82. The molecule has 6 heteroatoms. The molecule has 0 aromatic heterocycles. The van der Waals surface area contributed by atoms with Gasteiger partial charge in [0, 0.05) is 26.2 Å². The summed E-state index contributed by atoms with van der Waals surface area (Å²) in [6.07, 6.45) is 2.49. The molecule has 150 valence electrons. The topological polar surface area (TPSA) is 66.0 Å². The van der Waals surface area contributed by atoms with Crippen molar-refractivity contribution in [1.82, 2.24) is 5.32 Å². The van der Waals surface area contributed by atoms with Crippen LogP contribution in [0.3, 0.4) is 0 Å². The van der Waals surface area contributed by atoms with Gasteiger partial charge in [0.25, 0.3) is 0 Å². The Morgan fingerprint density at radius 2 is 1.12 bits per heavy atom. The average Bonchev–Trinajstić information content (AvgIpc) is 2.55. The molecule has 0 aliphatic rings. The van der Waals surface area contributed by atoms with E-state index in [4.69, 9.17) is 18.9 Å². The maximum absolute atomic E-state index is 11.6. The Labute approximate surface area is 153 Å². The van der Waals surface area contributed by atoms with Crippen LogP contribution in [0.15, 0.2) is 0 Å². The molecule has 0 aromatic carbocycles. The van der Waals surface area contributed by atoms with Crippen LogP contribution in [0.2, 0.25) is 0 Å². The fourth-order valence-electron chi connectivity index (χ4n) is 1.80. The van der Waals surface area contributed by atoms with Gasteiger partial charge in [-0.25, -0.2) is 0 Å². The molecule has 25 heavy (non-hydrogen) atoms. The number of hydrogen-bond donors (Lipinski definition) is 1. The van der Waals surface area contributed by atoms with Gasteiger partial charge in [0.1, 0.15) is 0 Å². The molecule has 0 fully saturated rings. The molecule has 0 saturated heterocycles. The van der Waals surface area contributed by atoms with Crippen molar-refractivity contribution in [3.8, 4) is 0 Å². The van der Waals surface area contributed by atoms with Crippen molar-refractivity contribution in [1.29, 1.82) is 0 Å². The van der Waals surface area contributed by atoms with Crippen LogP contribution in [-0.4, -0.2) is 65.3 Å². The minimum Gasteiger partial charge on any atom is -0.380 e. The predicted octanol–water partition coefficient (Wildman–Crippen LogP) is 2.65. The molecule has 0 radical (unpaired) electrons. The smallest absolute Gasteiger partial charge is 0.222 e. The van der Waals surface area contributed by atoms with Crippen molar-refractivity contribution in [3.63, 3.8) is 0 Å². The summed E-state index contributed by atoms with van der Waals surface area (Å²) in [5.41, 5.74) is 0. The Morgan fingerprint density at radius 3 is 1.64 bits per heavy atom. The van der Waals surface area contributed by atoms with E-state index < -0.39 is 0 Å². The van der Waals surface area contributed by atoms with Gasteiger partial charge in [-0.15, -0.1) is 0 Å². The van der Waals surface area contributed by atoms with Crippen molar-refractivity contribution >= 4 is 5.91 Å². The average molecular weight is 362 g/mol. The van der Waals surface area contributed by atoms with Gasteiger partial charge in [0.05, 0.1) is 39.6 Å². The summed E-state index contributed by atoms with van der Waals surface area (Å²) >= 11 is 0. The number of amides is 1. The third-order valence-electron chi connectivity index (χ3n) is 3.47. The highest BCUT2D eigenvalue weighted by molar-refractivity contribution is 5.75. The predicted molar refractivity (Wildman–Crippen MR) is 99.8 cm³/mol. The van der Waals surface area contributed by atoms with Gasteiger partial charge in [-0.05, 0) is 24.7 Å². The van der Waals surface area contributed by atoms with Crippen LogP contribution >= 0.6 is 0 Å². The summed E-state index contributed by atoms with van der Waals surface area (Å²) in [5.74, 6) is 1.31. The number of hydrogen-bond acceptors (Lipinski definition) is 5. The first-order valence-corrected chi connectivity index (χ1v) is 9.60. The zero-order valence-corrected chi connectivity index (χ0v) is 16.7. The fourth-order valence-corrected chi connectivity index (χ4v) is 1.80. The molecular weight excluding hydrogens is 322 g/mol. The first-order valence-electron chi connectivity index (χ1n) is 9.60. The van der Waals surface area contributed by atoms with E-state index in [0.717, 1.165) is 26.1 Å². The molecule has 0 aromatic rings. The van der Waals surface area contributed by atoms with Gasteiger partial charge in [-0.2, -0.15) is 0 Å². The van der Waals surface area contributed by atoms with Crippen LogP contribution < -0.4 is 5.32 Å². The standard InChI is InChI=1S/C19H39NO5/c1-17(2)5-9-22-12-8-20-19(21)7-11-24-14-16-25-15-13-23-10-6-18(3)4/h17-18H,5-16H2,1-4H3,(H,20,21). The second kappa shape index (κ2) is 18.1. The quantitative estimate of drug-likeness (QED) is 0.380. The largest absolute Gasteiger partial charge is 0.380 e. The highest BCUT2D eigenvalue weighted by Gasteiger charge is 2.01. The Balaban J connectivity index is 3.17.